The normalized spacial score (nSPS) is 28.0. The number of anilines is 4. The van der Waals surface area contributed by atoms with Crippen LogP contribution in [0.25, 0.3) is 10.8 Å². The Morgan fingerprint density at radius 3 is 1.62 bits per heavy atom. The number of hydrogen-bond acceptors (Lipinski definition) is 9. The Bertz CT molecular complexity index is 2240. The number of benzene rings is 4. The fourth-order valence-electron chi connectivity index (χ4n) is 10.3. The first-order valence-corrected chi connectivity index (χ1v) is 19.4. The summed E-state index contributed by atoms with van der Waals surface area (Å²) >= 11 is 0. The molecule has 0 unspecified atom stereocenters. The summed E-state index contributed by atoms with van der Waals surface area (Å²) in [7, 11) is 0. The van der Waals surface area contributed by atoms with E-state index in [9.17, 15) is 24.3 Å². The molecule has 11 nitrogen and oxygen atoms in total. The topological polar surface area (TPSA) is 120 Å². The maximum atomic E-state index is 14.8. The zero-order valence-electron chi connectivity index (χ0n) is 30.4. The van der Waals surface area contributed by atoms with Crippen molar-refractivity contribution >= 4 is 57.2 Å². The van der Waals surface area contributed by atoms with E-state index in [1.165, 1.54) is 9.80 Å². The van der Waals surface area contributed by atoms with Crippen molar-refractivity contribution in [2.75, 3.05) is 72.2 Å². The molecule has 4 aromatic rings. The molecule has 2 aliphatic carbocycles. The first-order valence-electron chi connectivity index (χ1n) is 19.4. The van der Waals surface area contributed by atoms with Gasteiger partial charge in [-0.1, -0.05) is 42.0 Å². The lowest BCUT2D eigenvalue weighted by molar-refractivity contribution is -0.126. The quantitative estimate of drug-likeness (QED) is 0.216. The van der Waals surface area contributed by atoms with E-state index >= 15 is 0 Å². The van der Waals surface area contributed by atoms with E-state index in [-0.39, 0.29) is 29.4 Å². The van der Waals surface area contributed by atoms with Crippen LogP contribution in [0.2, 0.25) is 0 Å². The summed E-state index contributed by atoms with van der Waals surface area (Å²) in [5, 5.41) is 12.3. The first kappa shape index (κ1) is 34.0. The zero-order valence-corrected chi connectivity index (χ0v) is 30.4. The van der Waals surface area contributed by atoms with E-state index < -0.39 is 35.5 Å². The molecule has 5 fully saturated rings. The summed E-state index contributed by atoms with van der Waals surface area (Å²) in [6.45, 7) is 5.69. The molecule has 10 rings (SSSR count). The number of nitrogens with zero attached hydrogens (tertiary/aromatic N) is 4. The highest BCUT2D eigenvalue weighted by molar-refractivity contribution is 6.24. The maximum Gasteiger partial charge on any atom is 0.238 e. The van der Waals surface area contributed by atoms with Crippen LogP contribution in [0, 0.1) is 29.6 Å². The fourth-order valence-corrected chi connectivity index (χ4v) is 10.3. The Morgan fingerprint density at radius 1 is 0.527 bits per heavy atom. The third-order valence-corrected chi connectivity index (χ3v) is 12.9. The number of phenolic OH excluding ortho intramolecular Hbond substituents is 1. The molecule has 280 valence electrons. The average molecular weight is 739 g/mol. The summed E-state index contributed by atoms with van der Waals surface area (Å²) in [6.07, 6.45) is 2.73. The number of allylic oxidation sites excluding steroid dienone is 2. The number of imide groups is 2. The molecule has 6 atom stereocenters. The summed E-state index contributed by atoms with van der Waals surface area (Å²) in [5.41, 5.74) is 4.83. The van der Waals surface area contributed by atoms with Crippen LogP contribution in [0.15, 0.2) is 96.6 Å². The Morgan fingerprint density at radius 2 is 1.04 bits per heavy atom. The number of aromatic hydroxyl groups is 1. The molecular weight excluding hydrogens is 697 g/mol. The molecule has 1 saturated carbocycles. The van der Waals surface area contributed by atoms with Crippen molar-refractivity contribution in [1.82, 2.24) is 0 Å². The number of amides is 4. The minimum absolute atomic E-state index is 0.128. The number of rotatable bonds is 5. The van der Waals surface area contributed by atoms with Crippen LogP contribution in [-0.2, 0) is 28.7 Å². The van der Waals surface area contributed by atoms with Crippen molar-refractivity contribution in [2.24, 2.45) is 29.6 Å². The van der Waals surface area contributed by atoms with Gasteiger partial charge in [0.15, 0.2) is 0 Å². The summed E-state index contributed by atoms with van der Waals surface area (Å²) in [4.78, 5) is 65.4. The number of carbonyl (C=O) groups excluding carboxylic acids is 4. The van der Waals surface area contributed by atoms with Crippen molar-refractivity contribution in [1.29, 1.82) is 0 Å². The highest BCUT2D eigenvalue weighted by Gasteiger charge is 2.62. The molecule has 4 heterocycles. The fraction of sp³-hybridized carbons (Fsp3) is 0.364. The van der Waals surface area contributed by atoms with Gasteiger partial charge in [0.25, 0.3) is 0 Å². The third-order valence-electron chi connectivity index (χ3n) is 12.9. The smallest absolute Gasteiger partial charge is 0.238 e. The van der Waals surface area contributed by atoms with Gasteiger partial charge >= 0.3 is 0 Å². The number of hydrogen-bond donors (Lipinski definition) is 1. The largest absolute Gasteiger partial charge is 0.507 e. The van der Waals surface area contributed by atoms with Gasteiger partial charge in [-0.25, -0.2) is 0 Å². The van der Waals surface area contributed by atoms with E-state index in [1.807, 2.05) is 78.9 Å². The van der Waals surface area contributed by atoms with E-state index in [1.54, 1.807) is 6.07 Å². The number of carbonyl (C=O) groups is 4. The third kappa shape index (κ3) is 5.38. The average Bonchev–Trinajstić information content (AvgIpc) is 3.64. The van der Waals surface area contributed by atoms with Crippen molar-refractivity contribution in [3.63, 3.8) is 0 Å². The Kier molecular flexibility index (Phi) is 8.25. The van der Waals surface area contributed by atoms with Crippen LogP contribution >= 0.6 is 0 Å². The van der Waals surface area contributed by atoms with Gasteiger partial charge in [-0.3, -0.25) is 29.0 Å². The van der Waals surface area contributed by atoms with E-state index in [0.717, 1.165) is 54.1 Å². The van der Waals surface area contributed by atoms with Crippen LogP contribution in [0.5, 0.6) is 5.75 Å². The van der Waals surface area contributed by atoms with E-state index in [2.05, 4.69) is 15.9 Å². The molecule has 4 aliphatic heterocycles. The molecule has 4 aromatic carbocycles. The Labute approximate surface area is 318 Å². The molecule has 1 N–H and O–H groups in total. The van der Waals surface area contributed by atoms with Gasteiger partial charge < -0.3 is 24.4 Å². The van der Waals surface area contributed by atoms with Gasteiger partial charge in [-0.15, -0.1) is 0 Å². The van der Waals surface area contributed by atoms with Gasteiger partial charge in [-0.2, -0.15) is 0 Å². The predicted molar refractivity (Wildman–Crippen MR) is 207 cm³/mol. The van der Waals surface area contributed by atoms with Gasteiger partial charge in [0.1, 0.15) is 5.75 Å². The second-order valence-corrected chi connectivity index (χ2v) is 15.5. The van der Waals surface area contributed by atoms with Crippen LogP contribution in [0.3, 0.4) is 0 Å². The Hall–Kier alpha value is -5.52. The minimum atomic E-state index is -0.713. The second-order valence-electron chi connectivity index (χ2n) is 15.5. The highest BCUT2D eigenvalue weighted by atomic mass is 16.5. The van der Waals surface area contributed by atoms with Gasteiger partial charge in [0.2, 0.25) is 23.6 Å². The number of phenols is 1. The molecule has 4 saturated heterocycles. The maximum absolute atomic E-state index is 14.8. The molecule has 11 heteroatoms. The lowest BCUT2D eigenvalue weighted by Gasteiger charge is -2.44. The zero-order chi connectivity index (χ0) is 37.4. The van der Waals surface area contributed by atoms with E-state index in [0.29, 0.717) is 56.0 Å². The number of ether oxygens (including phenoxy) is 2. The van der Waals surface area contributed by atoms with Crippen molar-refractivity contribution < 1.29 is 33.8 Å². The lowest BCUT2D eigenvalue weighted by atomic mass is 9.57. The first-order chi connectivity index (χ1) is 26.9. The minimum Gasteiger partial charge on any atom is -0.507 e. The second kappa shape index (κ2) is 13.3. The molecule has 0 aromatic heterocycles. The van der Waals surface area contributed by atoms with Gasteiger partial charge in [0, 0.05) is 48.9 Å². The van der Waals surface area contributed by atoms with Gasteiger partial charge in [-0.05, 0) is 84.3 Å². The van der Waals surface area contributed by atoms with E-state index in [4.69, 9.17) is 9.47 Å². The van der Waals surface area contributed by atoms with Gasteiger partial charge in [0.05, 0.1) is 61.5 Å². The molecule has 6 aliphatic rings. The Balaban J connectivity index is 1.02. The molecular formula is C44H42N4O7. The molecule has 55 heavy (non-hydrogen) atoms. The van der Waals surface area contributed by atoms with Crippen LogP contribution < -0.4 is 19.6 Å². The standard InChI is InChI=1S/C44H42N4O7/c49-37-16-15-32(30-3-1-2-4-31(30)37)38-33-13-14-34-39(43(52)47(41(34)50)28-9-5-26(6-10-28)45-17-21-54-22-18-45)35(33)25-36-40(38)44(53)48(42(36)51)29-11-7-27(8-12-29)46-19-23-55-24-20-46/h1-13,15-16,34-36,38-40,49H,14,17-25H2/t34-,35+,36+,38-,39-,40+/m0/s1. The molecule has 0 radical (unpaired) electrons. The predicted octanol–water partition coefficient (Wildman–Crippen LogP) is 5.26. The summed E-state index contributed by atoms with van der Waals surface area (Å²) in [5.74, 6) is -4.51. The van der Waals surface area contributed by atoms with Crippen molar-refractivity contribution in [3.05, 3.63) is 102 Å². The summed E-state index contributed by atoms with van der Waals surface area (Å²) < 4.78 is 11.0. The lowest BCUT2D eigenvalue weighted by Crippen LogP contribution is -2.43. The number of morpholine rings is 2. The molecule has 0 spiro atoms. The van der Waals surface area contributed by atoms with Crippen LogP contribution in [0.1, 0.15) is 24.3 Å². The summed E-state index contributed by atoms with van der Waals surface area (Å²) in [6, 6.07) is 26.2. The van der Waals surface area contributed by atoms with Crippen molar-refractivity contribution in [3.8, 4) is 5.75 Å². The van der Waals surface area contributed by atoms with Crippen molar-refractivity contribution in [2.45, 2.75) is 18.8 Å². The molecule has 0 bridgehead atoms. The van der Waals surface area contributed by atoms with Crippen LogP contribution in [0.4, 0.5) is 22.7 Å². The number of fused-ring (bicyclic) bond motifs is 5. The molecule has 4 amide bonds. The highest BCUT2D eigenvalue weighted by Crippen LogP contribution is 2.59. The van der Waals surface area contributed by atoms with Crippen LogP contribution in [-0.4, -0.2) is 81.3 Å². The monoisotopic (exact) mass is 738 g/mol. The SMILES string of the molecule is O=C1[C@H]2[C@H](CC=C3[C@H]2C[C@H]2C(=O)N(c4ccc(N5CCOCC5)cc4)C(=O)[C@H]2[C@H]3c2ccc(O)c3ccccc23)C(=O)N1c1ccc(N2CCOCC2)cc1.